The molecule has 4 aromatic carbocycles. The van der Waals surface area contributed by atoms with E-state index in [9.17, 15) is 41.5 Å². The van der Waals surface area contributed by atoms with Gasteiger partial charge in [0.2, 0.25) is 11.8 Å². The van der Waals surface area contributed by atoms with Crippen LogP contribution in [0.5, 0.6) is 11.5 Å². The molecule has 0 radical (unpaired) electrons. The maximum atomic E-state index is 13.8. The topological polar surface area (TPSA) is 187 Å². The number of hydrogen-bond donors (Lipinski definition) is 3. The summed E-state index contributed by atoms with van der Waals surface area (Å²) >= 11 is 0. The Labute approximate surface area is 411 Å². The summed E-state index contributed by atoms with van der Waals surface area (Å²) in [7, 11) is 0. The van der Waals surface area contributed by atoms with E-state index in [2.05, 4.69) is 5.32 Å². The van der Waals surface area contributed by atoms with Crippen molar-refractivity contribution in [2.24, 2.45) is 5.73 Å². The lowest BCUT2D eigenvalue weighted by atomic mass is 10.1. The number of carbonyl (C=O) groups is 5. The first-order valence-electron chi connectivity index (χ1n) is 22.7. The second-order valence-corrected chi connectivity index (χ2v) is 18.6. The number of carboxylic acids is 1. The molecule has 70 heavy (non-hydrogen) atoms. The quantitative estimate of drug-likeness (QED) is 0.0523. The van der Waals surface area contributed by atoms with Gasteiger partial charge in [0.15, 0.2) is 0 Å². The normalized spacial score (nSPS) is 13.6. The number of halogens is 5. The standard InChI is InChI=1S/C30H38F2N2O6.C21H22F2N2O4.ClH/c1-29(2,3)39-26(35)18-24(33-28(37)40-30(4,5)6)27(36)34-14-13-20-16-22(11-12-25(20)34)38-15-7-8-19-9-10-21(31)17-23(19)32;22-15-4-3-13(17(23)11-15)2-1-9-29-16-5-6-19-14(10-16)7-8-25(19)21(28)18(24)12-20(26)27;/h9-12,16-17,24H,7-8,13-15,18H2,1-6H3,(H,33,37);3-6,10-11,18H,1-2,7-9,12,24H2,(H,26,27);1H/t24-;18-;/m11./s1. The summed E-state index contributed by atoms with van der Waals surface area (Å²) in [6.45, 7) is 11.8. The summed E-state index contributed by atoms with van der Waals surface area (Å²) in [5.74, 6) is -3.72. The predicted octanol–water partition coefficient (Wildman–Crippen LogP) is 8.58. The van der Waals surface area contributed by atoms with E-state index in [0.29, 0.717) is 98.8 Å². The number of esters is 1. The Morgan fingerprint density at radius 2 is 1.11 bits per heavy atom. The van der Waals surface area contributed by atoms with Crippen molar-refractivity contribution < 1.29 is 65.6 Å². The highest BCUT2D eigenvalue weighted by Gasteiger charge is 2.35. The van der Waals surface area contributed by atoms with E-state index in [1.54, 1.807) is 65.8 Å². The molecular formula is C51H61ClF4N4O10. The average Bonchev–Trinajstić information content (AvgIpc) is 3.87. The van der Waals surface area contributed by atoms with Gasteiger partial charge in [0.1, 0.15) is 52.0 Å². The highest BCUT2D eigenvalue weighted by atomic mass is 35.5. The molecule has 4 N–H and O–H groups in total. The van der Waals surface area contributed by atoms with Crippen molar-refractivity contribution in [3.63, 3.8) is 0 Å². The molecule has 0 saturated carbocycles. The summed E-state index contributed by atoms with van der Waals surface area (Å²) in [5.41, 5.74) is 8.18. The Hall–Kier alpha value is -6.40. The van der Waals surface area contributed by atoms with Crippen molar-refractivity contribution in [1.29, 1.82) is 0 Å². The first kappa shape index (κ1) is 56.2. The van der Waals surface area contributed by atoms with Crippen molar-refractivity contribution >= 4 is 53.6 Å². The molecule has 0 bridgehead atoms. The zero-order valence-corrected chi connectivity index (χ0v) is 40.9. The van der Waals surface area contributed by atoms with E-state index in [0.717, 1.165) is 23.3 Å². The number of ether oxygens (including phenoxy) is 4. The van der Waals surface area contributed by atoms with Crippen LogP contribution >= 0.6 is 12.4 Å². The number of aliphatic carboxylic acids is 1. The molecule has 2 atom stereocenters. The largest absolute Gasteiger partial charge is 0.494 e. The Morgan fingerprint density at radius 1 is 0.657 bits per heavy atom. The summed E-state index contributed by atoms with van der Waals surface area (Å²) in [5, 5.41) is 11.3. The number of benzene rings is 4. The van der Waals surface area contributed by atoms with Crippen LogP contribution in [0.4, 0.5) is 33.7 Å². The number of anilines is 2. The van der Waals surface area contributed by atoms with Gasteiger partial charge < -0.3 is 44.9 Å². The van der Waals surface area contributed by atoms with Crippen molar-refractivity contribution in [2.75, 3.05) is 36.1 Å². The minimum absolute atomic E-state index is 0. The number of nitrogens with zero attached hydrogens (tertiary/aromatic N) is 2. The maximum absolute atomic E-state index is 13.8. The maximum Gasteiger partial charge on any atom is 0.408 e. The van der Waals surface area contributed by atoms with Crippen LogP contribution in [0.1, 0.15) is 89.5 Å². The number of aryl methyl sites for hydroxylation is 2. The summed E-state index contributed by atoms with van der Waals surface area (Å²) in [6, 6.07) is 15.4. The number of fused-ring (bicyclic) bond motifs is 2. The smallest absolute Gasteiger partial charge is 0.408 e. The number of carbonyl (C=O) groups excluding carboxylic acids is 4. The molecule has 4 aromatic rings. The number of hydrogen-bond acceptors (Lipinski definition) is 10. The second kappa shape index (κ2) is 24.9. The third kappa shape index (κ3) is 16.9. The van der Waals surface area contributed by atoms with E-state index in [1.165, 1.54) is 34.1 Å². The molecule has 0 saturated heterocycles. The Bertz CT molecular complexity index is 2470. The number of carboxylic acid groups (broad SMARTS) is 1. The zero-order valence-electron chi connectivity index (χ0n) is 40.1. The van der Waals surface area contributed by atoms with Crippen molar-refractivity contribution in [1.82, 2.24) is 5.32 Å². The highest BCUT2D eigenvalue weighted by molar-refractivity contribution is 6.02. The van der Waals surface area contributed by atoms with Crippen molar-refractivity contribution in [3.8, 4) is 11.5 Å². The fraction of sp³-hybridized carbons (Fsp3) is 0.431. The van der Waals surface area contributed by atoms with Crippen LogP contribution in [0.3, 0.4) is 0 Å². The molecule has 0 unspecified atom stereocenters. The van der Waals surface area contributed by atoms with Crippen LogP contribution in [0.25, 0.3) is 0 Å². The SMILES string of the molecule is CC(C)(C)OC(=O)C[C@@H](NC(=O)OC(C)(C)C)C(=O)N1CCc2cc(OCCCc3ccc(F)cc3F)ccc21.Cl.N[C@H](CC(=O)O)C(=O)N1CCc2cc(OCCCc3ccc(F)cc3F)ccc21. The molecule has 0 aromatic heterocycles. The summed E-state index contributed by atoms with van der Waals surface area (Å²) in [4.78, 5) is 64.8. The minimum Gasteiger partial charge on any atom is -0.494 e. The molecule has 2 heterocycles. The van der Waals surface area contributed by atoms with Crippen LogP contribution in [0, 0.1) is 23.3 Å². The number of nitrogens with one attached hydrogen (secondary N) is 1. The number of nitrogens with two attached hydrogens (primary N) is 1. The molecule has 380 valence electrons. The summed E-state index contributed by atoms with van der Waals surface area (Å²) < 4.78 is 75.7. The zero-order chi connectivity index (χ0) is 50.6. The van der Waals surface area contributed by atoms with Crippen LogP contribution in [-0.2, 0) is 54.3 Å². The molecule has 19 heteroatoms. The third-order valence-corrected chi connectivity index (χ3v) is 10.7. The minimum atomic E-state index is -1.18. The van der Waals surface area contributed by atoms with Crippen LogP contribution < -0.4 is 30.3 Å². The molecular weight excluding hydrogens is 940 g/mol. The molecule has 0 aliphatic carbocycles. The first-order chi connectivity index (χ1) is 32.5. The lowest BCUT2D eigenvalue weighted by molar-refractivity contribution is -0.156. The van der Waals surface area contributed by atoms with Gasteiger partial charge in [-0.05, 0) is 151 Å². The lowest BCUT2D eigenvalue weighted by Crippen LogP contribution is -2.50. The van der Waals surface area contributed by atoms with Gasteiger partial charge in [-0.2, -0.15) is 0 Å². The monoisotopic (exact) mass is 1000 g/mol. The molecule has 2 aliphatic heterocycles. The molecule has 6 rings (SSSR count). The van der Waals surface area contributed by atoms with Gasteiger partial charge in [0.25, 0.3) is 0 Å². The van der Waals surface area contributed by atoms with Gasteiger partial charge in [-0.3, -0.25) is 19.2 Å². The molecule has 0 spiro atoms. The van der Waals surface area contributed by atoms with Crippen LogP contribution in [0.2, 0.25) is 0 Å². The number of alkyl carbamates (subject to hydrolysis) is 1. The summed E-state index contributed by atoms with van der Waals surface area (Å²) in [6.07, 6.45) is 1.55. The first-order valence-corrected chi connectivity index (χ1v) is 22.7. The van der Waals surface area contributed by atoms with E-state index in [1.807, 2.05) is 12.1 Å². The van der Waals surface area contributed by atoms with Crippen molar-refractivity contribution in [3.05, 3.63) is 118 Å². The van der Waals surface area contributed by atoms with E-state index in [4.69, 9.17) is 29.8 Å². The van der Waals surface area contributed by atoms with Gasteiger partial charge in [0.05, 0.1) is 32.1 Å². The molecule has 14 nitrogen and oxygen atoms in total. The van der Waals surface area contributed by atoms with E-state index >= 15 is 0 Å². The van der Waals surface area contributed by atoms with Crippen LogP contribution in [0.15, 0.2) is 72.8 Å². The lowest BCUT2D eigenvalue weighted by Gasteiger charge is -2.27. The number of amides is 3. The second-order valence-electron chi connectivity index (χ2n) is 18.6. The van der Waals surface area contributed by atoms with Crippen molar-refractivity contribution in [2.45, 2.75) is 116 Å². The predicted molar refractivity (Wildman–Crippen MR) is 256 cm³/mol. The molecule has 3 amide bonds. The van der Waals surface area contributed by atoms with E-state index in [-0.39, 0.29) is 18.8 Å². The Morgan fingerprint density at radius 3 is 1.54 bits per heavy atom. The van der Waals surface area contributed by atoms with Crippen LogP contribution in [-0.4, -0.2) is 84.5 Å². The van der Waals surface area contributed by atoms with E-state index < -0.39 is 82.8 Å². The average molecular weight is 1000 g/mol. The van der Waals surface area contributed by atoms with Gasteiger partial charge in [-0.25, -0.2) is 22.4 Å². The molecule has 2 aliphatic rings. The third-order valence-electron chi connectivity index (χ3n) is 10.7. The molecule has 0 fully saturated rings. The van der Waals surface area contributed by atoms with Gasteiger partial charge in [-0.15, -0.1) is 12.4 Å². The Balaban J connectivity index is 0.000000315. The highest BCUT2D eigenvalue weighted by Crippen LogP contribution is 2.34. The number of rotatable bonds is 17. The van der Waals surface area contributed by atoms with Gasteiger partial charge in [-0.1, -0.05) is 12.1 Å². The fourth-order valence-electron chi connectivity index (χ4n) is 7.61. The Kier molecular flexibility index (Phi) is 20.0. The van der Waals surface area contributed by atoms with Gasteiger partial charge >= 0.3 is 18.0 Å². The fourth-order valence-corrected chi connectivity index (χ4v) is 7.61. The van der Waals surface area contributed by atoms with Gasteiger partial charge in [0, 0.05) is 36.6 Å².